The predicted molar refractivity (Wildman–Crippen MR) is 139 cm³/mol. The number of hydrogen-bond donors (Lipinski definition) is 1. The van der Waals surface area contributed by atoms with Crippen LogP contribution in [0, 0.1) is 0 Å². The molecule has 35 heavy (non-hydrogen) atoms. The van der Waals surface area contributed by atoms with Gasteiger partial charge in [-0.1, -0.05) is 48.0 Å². The fourth-order valence-electron chi connectivity index (χ4n) is 3.94. The van der Waals surface area contributed by atoms with Crippen LogP contribution in [-0.4, -0.2) is 20.2 Å². The summed E-state index contributed by atoms with van der Waals surface area (Å²) in [5.41, 5.74) is 3.48. The van der Waals surface area contributed by atoms with Crippen molar-refractivity contribution in [3.63, 3.8) is 0 Å². The summed E-state index contributed by atoms with van der Waals surface area (Å²) in [6, 6.07) is 27.1. The lowest BCUT2D eigenvalue weighted by Gasteiger charge is -2.12. The van der Waals surface area contributed by atoms with Gasteiger partial charge < -0.3 is 10.1 Å². The van der Waals surface area contributed by atoms with Crippen LogP contribution in [0.2, 0.25) is 5.02 Å². The van der Waals surface area contributed by atoms with Crippen LogP contribution in [0.15, 0.2) is 104 Å². The van der Waals surface area contributed by atoms with Crippen LogP contribution in [0.3, 0.4) is 0 Å². The average Bonchev–Trinajstić information content (AvgIpc) is 2.91. The third-order valence-corrected chi connectivity index (χ3v) is 5.90. The largest absolute Gasteiger partial charge is 0.457 e. The lowest BCUT2D eigenvalue weighted by molar-refractivity contribution is 0.488. The number of aromatic nitrogens is 4. The molecular weight excluding hydrogens is 458 g/mol. The lowest BCUT2D eigenvalue weighted by atomic mass is 10.0. The summed E-state index contributed by atoms with van der Waals surface area (Å²) < 4.78 is 6.10. The Kier molecular flexibility index (Phi) is 5.41. The third kappa shape index (κ3) is 4.23. The first-order chi connectivity index (χ1) is 17.2. The van der Waals surface area contributed by atoms with Gasteiger partial charge >= 0.3 is 0 Å². The molecule has 0 spiro atoms. The zero-order chi connectivity index (χ0) is 23.6. The van der Waals surface area contributed by atoms with Gasteiger partial charge in [0, 0.05) is 45.6 Å². The fraction of sp³-hybridized carbons (Fsp3) is 0. The molecule has 0 fully saturated rings. The van der Waals surface area contributed by atoms with Gasteiger partial charge in [0.1, 0.15) is 17.2 Å². The van der Waals surface area contributed by atoms with Gasteiger partial charge in [0.2, 0.25) is 0 Å². The van der Waals surface area contributed by atoms with E-state index in [2.05, 4.69) is 25.5 Å². The van der Waals surface area contributed by atoms with E-state index in [0.29, 0.717) is 22.3 Å². The van der Waals surface area contributed by atoms with Crippen LogP contribution in [0.1, 0.15) is 0 Å². The van der Waals surface area contributed by atoms with Crippen molar-refractivity contribution in [3.05, 3.63) is 109 Å². The number of halogens is 1. The van der Waals surface area contributed by atoms with Crippen LogP contribution >= 0.6 is 11.6 Å². The van der Waals surface area contributed by atoms with E-state index in [1.165, 1.54) is 0 Å². The number of benzene rings is 3. The van der Waals surface area contributed by atoms with Crippen LogP contribution in [0.5, 0.6) is 11.5 Å². The molecule has 6 nitrogen and oxygen atoms in total. The molecule has 0 aliphatic heterocycles. The summed E-state index contributed by atoms with van der Waals surface area (Å²) in [7, 11) is 0. The maximum atomic E-state index is 6.10. The van der Waals surface area contributed by atoms with Gasteiger partial charge in [-0.2, -0.15) is 0 Å². The van der Waals surface area contributed by atoms with Crippen LogP contribution < -0.4 is 10.1 Å². The molecule has 168 valence electrons. The van der Waals surface area contributed by atoms with Gasteiger partial charge in [-0.25, -0.2) is 0 Å². The van der Waals surface area contributed by atoms with E-state index >= 15 is 0 Å². The molecule has 0 aliphatic rings. The van der Waals surface area contributed by atoms with Crippen LogP contribution in [0.25, 0.3) is 32.9 Å². The Morgan fingerprint density at radius 3 is 2.34 bits per heavy atom. The maximum absolute atomic E-state index is 6.10. The number of ether oxygens (including phenoxy) is 1. The van der Waals surface area contributed by atoms with E-state index in [4.69, 9.17) is 16.3 Å². The van der Waals surface area contributed by atoms with Crippen molar-refractivity contribution in [2.75, 3.05) is 5.32 Å². The smallest absolute Gasteiger partial charge is 0.161 e. The van der Waals surface area contributed by atoms with Crippen molar-refractivity contribution in [1.82, 2.24) is 20.2 Å². The molecule has 0 aliphatic carbocycles. The quantitative estimate of drug-likeness (QED) is 0.279. The molecule has 7 heteroatoms. The predicted octanol–water partition coefficient (Wildman–Crippen LogP) is 7.43. The van der Waals surface area contributed by atoms with Crippen molar-refractivity contribution in [3.8, 4) is 22.8 Å². The Hall–Kier alpha value is -4.55. The number of nitrogens with one attached hydrogen (secondary N) is 1. The SMILES string of the molecule is Clc1ccc(-c2nnc(Nc3ccc(Oc4ccnc5ccncc45)cc3)c3ccccc23)cc1. The van der Waals surface area contributed by atoms with Gasteiger partial charge in [-0.05, 0) is 48.5 Å². The first-order valence-electron chi connectivity index (χ1n) is 11.0. The molecule has 6 aromatic rings. The molecule has 1 N–H and O–H groups in total. The van der Waals surface area contributed by atoms with Crippen molar-refractivity contribution < 1.29 is 4.74 Å². The summed E-state index contributed by atoms with van der Waals surface area (Å²) in [4.78, 5) is 8.53. The van der Waals surface area contributed by atoms with Gasteiger partial charge in [0.25, 0.3) is 0 Å². The Morgan fingerprint density at radius 1 is 0.714 bits per heavy atom. The highest BCUT2D eigenvalue weighted by atomic mass is 35.5. The third-order valence-electron chi connectivity index (χ3n) is 5.65. The minimum absolute atomic E-state index is 0.679. The van der Waals surface area contributed by atoms with Gasteiger partial charge in [-0.3, -0.25) is 9.97 Å². The van der Waals surface area contributed by atoms with Gasteiger partial charge in [-0.15, -0.1) is 10.2 Å². The minimum atomic E-state index is 0.679. The number of anilines is 2. The van der Waals surface area contributed by atoms with Gasteiger partial charge in [0.05, 0.1) is 10.9 Å². The number of nitrogens with zero attached hydrogens (tertiary/aromatic N) is 4. The van der Waals surface area contributed by atoms with E-state index in [9.17, 15) is 0 Å². The second kappa shape index (κ2) is 9.00. The number of rotatable bonds is 5. The van der Waals surface area contributed by atoms with Crippen molar-refractivity contribution in [1.29, 1.82) is 0 Å². The Balaban J connectivity index is 1.28. The first-order valence-corrected chi connectivity index (χ1v) is 11.4. The molecule has 0 amide bonds. The molecule has 0 saturated carbocycles. The van der Waals surface area contributed by atoms with E-state index in [1.807, 2.05) is 84.9 Å². The molecule has 0 unspecified atom stereocenters. The Morgan fingerprint density at radius 2 is 1.51 bits per heavy atom. The number of pyridine rings is 2. The summed E-state index contributed by atoms with van der Waals surface area (Å²) in [5.74, 6) is 2.09. The highest BCUT2D eigenvalue weighted by Crippen LogP contribution is 2.33. The Labute approximate surface area is 206 Å². The monoisotopic (exact) mass is 475 g/mol. The molecule has 6 rings (SSSR count). The zero-order valence-electron chi connectivity index (χ0n) is 18.4. The molecule has 0 radical (unpaired) electrons. The topological polar surface area (TPSA) is 72.8 Å². The molecule has 0 saturated heterocycles. The zero-order valence-corrected chi connectivity index (χ0v) is 19.1. The summed E-state index contributed by atoms with van der Waals surface area (Å²) in [5, 5.41) is 15.9. The lowest BCUT2D eigenvalue weighted by Crippen LogP contribution is -1.99. The van der Waals surface area contributed by atoms with E-state index < -0.39 is 0 Å². The molecule has 3 aromatic heterocycles. The average molecular weight is 476 g/mol. The number of hydrogen-bond acceptors (Lipinski definition) is 6. The maximum Gasteiger partial charge on any atom is 0.161 e. The molecule has 3 aromatic carbocycles. The van der Waals surface area contributed by atoms with Crippen molar-refractivity contribution >= 4 is 44.8 Å². The fourth-order valence-corrected chi connectivity index (χ4v) is 4.07. The van der Waals surface area contributed by atoms with Crippen LogP contribution in [-0.2, 0) is 0 Å². The van der Waals surface area contributed by atoms with Crippen molar-refractivity contribution in [2.45, 2.75) is 0 Å². The first kappa shape index (κ1) is 21.0. The van der Waals surface area contributed by atoms with Crippen LogP contribution in [0.4, 0.5) is 11.5 Å². The van der Waals surface area contributed by atoms with E-state index in [1.54, 1.807) is 18.6 Å². The second-order valence-corrected chi connectivity index (χ2v) is 8.34. The summed E-state index contributed by atoms with van der Waals surface area (Å²) in [6.07, 6.45) is 5.20. The van der Waals surface area contributed by atoms with E-state index in [0.717, 1.165) is 38.6 Å². The summed E-state index contributed by atoms with van der Waals surface area (Å²) >= 11 is 6.05. The van der Waals surface area contributed by atoms with E-state index in [-0.39, 0.29) is 0 Å². The highest BCUT2D eigenvalue weighted by Gasteiger charge is 2.11. The van der Waals surface area contributed by atoms with Crippen molar-refractivity contribution in [2.24, 2.45) is 0 Å². The number of fused-ring (bicyclic) bond motifs is 2. The molecular formula is C28H18ClN5O. The van der Waals surface area contributed by atoms with Gasteiger partial charge in [0.15, 0.2) is 5.82 Å². The molecule has 3 heterocycles. The normalized spacial score (nSPS) is 11.0. The highest BCUT2D eigenvalue weighted by molar-refractivity contribution is 6.30. The molecule has 0 atom stereocenters. The summed E-state index contributed by atoms with van der Waals surface area (Å²) in [6.45, 7) is 0. The second-order valence-electron chi connectivity index (χ2n) is 7.90. The minimum Gasteiger partial charge on any atom is -0.457 e. The molecule has 0 bridgehead atoms. The Bertz CT molecular complexity index is 1650. The standard InChI is InChI=1S/C28H18ClN5O/c29-19-7-5-18(6-8-19)27-22-3-1-2-4-23(22)28(34-33-27)32-20-9-11-21(12-10-20)35-26-14-16-31-25-13-15-30-17-24(25)26/h1-17H,(H,32,34).